The van der Waals surface area contributed by atoms with Crippen LogP contribution in [0.3, 0.4) is 0 Å². The van der Waals surface area contributed by atoms with Gasteiger partial charge in [-0.2, -0.15) is 0 Å². The minimum atomic E-state index is -3.61. The van der Waals surface area contributed by atoms with Crippen molar-refractivity contribution in [3.05, 3.63) is 54.6 Å². The van der Waals surface area contributed by atoms with Gasteiger partial charge in [0.15, 0.2) is 0 Å². The number of amides is 2. The summed E-state index contributed by atoms with van der Waals surface area (Å²) in [6.07, 6.45) is 1.05. The van der Waals surface area contributed by atoms with Crippen molar-refractivity contribution in [1.29, 1.82) is 0 Å². The van der Waals surface area contributed by atoms with Crippen molar-refractivity contribution in [3.63, 3.8) is 0 Å². The molecule has 2 rings (SSSR count). The van der Waals surface area contributed by atoms with Gasteiger partial charge in [0.1, 0.15) is 6.54 Å². The lowest BCUT2D eigenvalue weighted by Crippen LogP contribution is -2.37. The molecule has 2 aromatic rings. The Hall–Kier alpha value is -2.87. The van der Waals surface area contributed by atoms with Crippen molar-refractivity contribution >= 4 is 38.9 Å². The van der Waals surface area contributed by atoms with Crippen LogP contribution in [-0.4, -0.2) is 33.0 Å². The second-order valence-corrected chi connectivity index (χ2v) is 7.32. The molecule has 0 saturated heterocycles. The van der Waals surface area contributed by atoms with Crippen LogP contribution >= 0.6 is 0 Å². The first-order valence-electron chi connectivity index (χ1n) is 7.46. The third-order valence-corrected chi connectivity index (χ3v) is 4.34. The van der Waals surface area contributed by atoms with Crippen LogP contribution in [0.15, 0.2) is 54.6 Å². The SMILES string of the molecule is CC(=O)Nc1cccc(NC(=O)CN(c2ccccc2)S(C)(=O)=O)c1. The molecule has 0 spiro atoms. The smallest absolute Gasteiger partial charge is 0.245 e. The second-order valence-electron chi connectivity index (χ2n) is 5.42. The summed E-state index contributed by atoms with van der Waals surface area (Å²) in [5.74, 6) is -0.718. The first-order chi connectivity index (χ1) is 11.8. The summed E-state index contributed by atoms with van der Waals surface area (Å²) in [5.41, 5.74) is 1.40. The Balaban J connectivity index is 2.13. The number of hydrogen-bond donors (Lipinski definition) is 2. The molecule has 0 aliphatic heterocycles. The largest absolute Gasteiger partial charge is 0.326 e. The molecule has 0 aromatic heterocycles. The normalized spacial score (nSPS) is 10.8. The molecular formula is C17H19N3O4S. The summed E-state index contributed by atoms with van der Waals surface area (Å²) in [4.78, 5) is 23.4. The Morgan fingerprint density at radius 1 is 0.960 bits per heavy atom. The van der Waals surface area contributed by atoms with Gasteiger partial charge in [-0.25, -0.2) is 8.42 Å². The van der Waals surface area contributed by atoms with E-state index in [0.717, 1.165) is 10.6 Å². The van der Waals surface area contributed by atoms with E-state index < -0.39 is 15.9 Å². The maximum atomic E-state index is 12.3. The maximum absolute atomic E-state index is 12.3. The van der Waals surface area contributed by atoms with Crippen molar-refractivity contribution in [3.8, 4) is 0 Å². The van der Waals surface area contributed by atoms with Crippen molar-refractivity contribution in [1.82, 2.24) is 0 Å². The van der Waals surface area contributed by atoms with Crippen LogP contribution in [-0.2, 0) is 19.6 Å². The second kappa shape index (κ2) is 7.80. The van der Waals surface area contributed by atoms with E-state index in [1.807, 2.05) is 0 Å². The summed E-state index contributed by atoms with van der Waals surface area (Å²) in [6.45, 7) is 1.03. The Kier molecular flexibility index (Phi) is 5.76. The Bertz CT molecular complexity index is 866. The van der Waals surface area contributed by atoms with Crippen LogP contribution in [0.5, 0.6) is 0 Å². The molecule has 0 radical (unpaired) electrons. The number of sulfonamides is 1. The Morgan fingerprint density at radius 2 is 1.56 bits per heavy atom. The highest BCUT2D eigenvalue weighted by Crippen LogP contribution is 2.18. The summed E-state index contributed by atoms with van der Waals surface area (Å²) < 4.78 is 25.0. The predicted molar refractivity (Wildman–Crippen MR) is 98.0 cm³/mol. The number of para-hydroxylation sites is 1. The molecule has 2 amide bonds. The van der Waals surface area contributed by atoms with E-state index >= 15 is 0 Å². The monoisotopic (exact) mass is 361 g/mol. The number of benzene rings is 2. The molecule has 2 N–H and O–H groups in total. The van der Waals surface area contributed by atoms with Gasteiger partial charge in [0.25, 0.3) is 0 Å². The zero-order valence-corrected chi connectivity index (χ0v) is 14.7. The lowest BCUT2D eigenvalue weighted by molar-refractivity contribution is -0.115. The van der Waals surface area contributed by atoms with E-state index in [0.29, 0.717) is 17.1 Å². The zero-order valence-electron chi connectivity index (χ0n) is 13.9. The average molecular weight is 361 g/mol. The van der Waals surface area contributed by atoms with Gasteiger partial charge in [-0.05, 0) is 30.3 Å². The summed E-state index contributed by atoms with van der Waals surface area (Å²) >= 11 is 0. The molecule has 0 aliphatic rings. The van der Waals surface area contributed by atoms with Crippen molar-refractivity contribution < 1.29 is 18.0 Å². The van der Waals surface area contributed by atoms with Gasteiger partial charge in [-0.15, -0.1) is 0 Å². The molecule has 25 heavy (non-hydrogen) atoms. The molecular weight excluding hydrogens is 342 g/mol. The summed E-state index contributed by atoms with van der Waals surface area (Å²) in [7, 11) is -3.61. The van der Waals surface area contributed by atoms with Gasteiger partial charge in [-0.1, -0.05) is 24.3 Å². The van der Waals surface area contributed by atoms with Gasteiger partial charge < -0.3 is 10.6 Å². The molecule has 7 nitrogen and oxygen atoms in total. The molecule has 0 aliphatic carbocycles. The van der Waals surface area contributed by atoms with Crippen LogP contribution < -0.4 is 14.9 Å². The quantitative estimate of drug-likeness (QED) is 0.823. The third-order valence-electron chi connectivity index (χ3n) is 3.20. The zero-order chi connectivity index (χ0) is 18.4. The first kappa shape index (κ1) is 18.5. The molecule has 0 bridgehead atoms. The fraction of sp³-hybridized carbons (Fsp3) is 0.176. The fourth-order valence-corrected chi connectivity index (χ4v) is 3.06. The van der Waals surface area contributed by atoms with Crippen LogP contribution in [0.25, 0.3) is 0 Å². The van der Waals surface area contributed by atoms with Gasteiger partial charge in [-0.3, -0.25) is 13.9 Å². The molecule has 0 fully saturated rings. The third kappa shape index (κ3) is 5.61. The highest BCUT2D eigenvalue weighted by Gasteiger charge is 2.20. The van der Waals surface area contributed by atoms with Gasteiger partial charge in [0, 0.05) is 18.3 Å². The molecule has 132 valence electrons. The predicted octanol–water partition coefficient (Wildman–Crippen LogP) is 2.05. The molecule has 0 heterocycles. The molecule has 8 heteroatoms. The molecule has 0 atom stereocenters. The maximum Gasteiger partial charge on any atom is 0.245 e. The minimum absolute atomic E-state index is 0.226. The first-order valence-corrected chi connectivity index (χ1v) is 9.31. The summed E-state index contributed by atoms with van der Waals surface area (Å²) in [6, 6.07) is 15.0. The number of carbonyl (C=O) groups is 2. The topological polar surface area (TPSA) is 95.6 Å². The lowest BCUT2D eigenvalue weighted by atomic mass is 10.2. The Morgan fingerprint density at radius 3 is 2.12 bits per heavy atom. The van der Waals surface area contributed by atoms with Crippen LogP contribution in [0, 0.1) is 0 Å². The van der Waals surface area contributed by atoms with E-state index in [9.17, 15) is 18.0 Å². The van der Waals surface area contributed by atoms with E-state index in [4.69, 9.17) is 0 Å². The number of anilines is 3. The highest BCUT2D eigenvalue weighted by molar-refractivity contribution is 7.92. The number of carbonyl (C=O) groups excluding carboxylic acids is 2. The number of nitrogens with one attached hydrogen (secondary N) is 2. The van der Waals surface area contributed by atoms with Crippen molar-refractivity contribution in [2.24, 2.45) is 0 Å². The molecule has 0 saturated carbocycles. The minimum Gasteiger partial charge on any atom is -0.326 e. The number of nitrogens with zero attached hydrogens (tertiary/aromatic N) is 1. The van der Waals surface area contributed by atoms with E-state index in [-0.39, 0.29) is 12.5 Å². The van der Waals surface area contributed by atoms with Crippen LogP contribution in [0.2, 0.25) is 0 Å². The van der Waals surface area contributed by atoms with Gasteiger partial charge >= 0.3 is 0 Å². The van der Waals surface area contributed by atoms with Gasteiger partial charge in [0.2, 0.25) is 21.8 Å². The summed E-state index contributed by atoms with van der Waals surface area (Å²) in [5, 5.41) is 5.24. The number of rotatable bonds is 6. The van der Waals surface area contributed by atoms with E-state index in [2.05, 4.69) is 10.6 Å². The average Bonchev–Trinajstić information content (AvgIpc) is 2.52. The fourth-order valence-electron chi connectivity index (χ4n) is 2.20. The number of hydrogen-bond acceptors (Lipinski definition) is 4. The van der Waals surface area contributed by atoms with Crippen LogP contribution in [0.1, 0.15) is 6.92 Å². The van der Waals surface area contributed by atoms with E-state index in [1.54, 1.807) is 54.6 Å². The van der Waals surface area contributed by atoms with E-state index in [1.165, 1.54) is 6.92 Å². The Labute approximate surface area is 146 Å². The molecule has 2 aromatic carbocycles. The van der Waals surface area contributed by atoms with Crippen molar-refractivity contribution in [2.45, 2.75) is 6.92 Å². The highest BCUT2D eigenvalue weighted by atomic mass is 32.2. The lowest BCUT2D eigenvalue weighted by Gasteiger charge is -2.21. The van der Waals surface area contributed by atoms with Gasteiger partial charge in [0.05, 0.1) is 11.9 Å². The molecule has 0 unspecified atom stereocenters. The van der Waals surface area contributed by atoms with Crippen molar-refractivity contribution in [2.75, 3.05) is 27.7 Å². The van der Waals surface area contributed by atoms with Crippen LogP contribution in [0.4, 0.5) is 17.1 Å². The standard InChI is InChI=1S/C17H19N3O4S/c1-13(21)18-14-7-6-8-15(11-14)19-17(22)12-20(25(2,23)24)16-9-4-3-5-10-16/h3-11H,12H2,1-2H3,(H,18,21)(H,19,22).